The molecule has 130 valence electrons. The zero-order chi connectivity index (χ0) is 17.4. The highest BCUT2D eigenvalue weighted by molar-refractivity contribution is 5.76. The fraction of sp³-hybridized carbons (Fsp3) is 0.762. The van der Waals surface area contributed by atoms with Gasteiger partial charge in [0.15, 0.2) is 0 Å². The SMILES string of the molecule is CCC(C)(C)C(=O)O[C@H]1CC(C)C=C2C=CC(C)C(C(C)C)C21. The molecule has 0 aromatic heterocycles. The zero-order valence-corrected chi connectivity index (χ0v) is 15.9. The van der Waals surface area contributed by atoms with Crippen molar-refractivity contribution in [3.8, 4) is 0 Å². The molecular formula is C21H34O2. The van der Waals surface area contributed by atoms with E-state index in [4.69, 9.17) is 4.74 Å². The van der Waals surface area contributed by atoms with Crippen molar-refractivity contribution in [3.05, 3.63) is 23.8 Å². The predicted molar refractivity (Wildman–Crippen MR) is 95.9 cm³/mol. The van der Waals surface area contributed by atoms with Gasteiger partial charge in [-0.3, -0.25) is 4.79 Å². The average Bonchev–Trinajstić information content (AvgIpc) is 2.47. The van der Waals surface area contributed by atoms with Crippen LogP contribution in [-0.4, -0.2) is 12.1 Å². The van der Waals surface area contributed by atoms with Crippen LogP contribution in [-0.2, 0) is 9.53 Å². The van der Waals surface area contributed by atoms with Gasteiger partial charge in [-0.25, -0.2) is 0 Å². The van der Waals surface area contributed by atoms with Gasteiger partial charge in [-0.15, -0.1) is 0 Å². The Balaban J connectivity index is 2.30. The van der Waals surface area contributed by atoms with E-state index in [0.717, 1.165) is 12.8 Å². The lowest BCUT2D eigenvalue weighted by molar-refractivity contribution is -0.165. The van der Waals surface area contributed by atoms with Gasteiger partial charge in [0.05, 0.1) is 5.41 Å². The second-order valence-corrected chi connectivity index (χ2v) is 8.63. The van der Waals surface area contributed by atoms with E-state index in [0.29, 0.717) is 29.6 Å². The molecule has 0 heterocycles. The summed E-state index contributed by atoms with van der Waals surface area (Å²) in [5, 5.41) is 0. The number of hydrogen-bond acceptors (Lipinski definition) is 2. The van der Waals surface area contributed by atoms with Gasteiger partial charge in [-0.1, -0.05) is 52.8 Å². The molecule has 0 amide bonds. The summed E-state index contributed by atoms with van der Waals surface area (Å²) >= 11 is 0. The van der Waals surface area contributed by atoms with Crippen LogP contribution >= 0.6 is 0 Å². The van der Waals surface area contributed by atoms with Crippen molar-refractivity contribution in [2.45, 2.75) is 67.4 Å². The number of ether oxygens (including phenoxy) is 1. The van der Waals surface area contributed by atoms with Crippen molar-refractivity contribution in [2.75, 3.05) is 0 Å². The third-order valence-electron chi connectivity index (χ3n) is 5.95. The van der Waals surface area contributed by atoms with Gasteiger partial charge in [0.1, 0.15) is 6.10 Å². The van der Waals surface area contributed by atoms with Crippen LogP contribution in [0.4, 0.5) is 0 Å². The molecule has 0 aromatic rings. The lowest BCUT2D eigenvalue weighted by atomic mass is 9.63. The van der Waals surface area contributed by atoms with Crippen molar-refractivity contribution in [2.24, 2.45) is 35.0 Å². The minimum atomic E-state index is -0.395. The highest BCUT2D eigenvalue weighted by Crippen LogP contribution is 2.46. The molecule has 2 heteroatoms. The molecule has 5 atom stereocenters. The standard InChI is InChI=1S/C21H34O2/c1-8-21(6,7)20(22)23-17-12-14(4)11-16-10-9-15(5)18(13(2)3)19(16)17/h9-11,13-15,17-19H,8,12H2,1-7H3/t14?,15?,17-,18?,19?/m0/s1. The van der Waals surface area contributed by atoms with Crippen molar-refractivity contribution in [1.29, 1.82) is 0 Å². The first kappa shape index (κ1) is 18.3. The predicted octanol–water partition coefficient (Wildman–Crippen LogP) is 5.39. The van der Waals surface area contributed by atoms with Gasteiger partial charge in [-0.2, -0.15) is 0 Å². The number of carbonyl (C=O) groups excluding carboxylic acids is 1. The molecule has 23 heavy (non-hydrogen) atoms. The molecule has 0 saturated heterocycles. The summed E-state index contributed by atoms with van der Waals surface area (Å²) < 4.78 is 6.10. The smallest absolute Gasteiger partial charge is 0.311 e. The number of rotatable bonds is 4. The summed E-state index contributed by atoms with van der Waals surface area (Å²) in [6.45, 7) is 15.1. The number of allylic oxidation sites excluding steroid dienone is 3. The Kier molecular flexibility index (Phi) is 5.43. The second-order valence-electron chi connectivity index (χ2n) is 8.63. The Morgan fingerprint density at radius 1 is 1.35 bits per heavy atom. The van der Waals surface area contributed by atoms with Gasteiger partial charge in [0.25, 0.3) is 0 Å². The van der Waals surface area contributed by atoms with Crippen molar-refractivity contribution < 1.29 is 9.53 Å². The number of hydrogen-bond donors (Lipinski definition) is 0. The quantitative estimate of drug-likeness (QED) is 0.649. The summed E-state index contributed by atoms with van der Waals surface area (Å²) in [6, 6.07) is 0. The maximum atomic E-state index is 12.6. The molecule has 2 aliphatic carbocycles. The fourth-order valence-corrected chi connectivity index (χ4v) is 4.17. The van der Waals surface area contributed by atoms with E-state index in [-0.39, 0.29) is 12.1 Å². The zero-order valence-electron chi connectivity index (χ0n) is 15.9. The number of carbonyl (C=O) groups is 1. The van der Waals surface area contributed by atoms with Gasteiger partial charge >= 0.3 is 5.97 Å². The van der Waals surface area contributed by atoms with Crippen molar-refractivity contribution in [3.63, 3.8) is 0 Å². The molecule has 4 unspecified atom stereocenters. The van der Waals surface area contributed by atoms with Crippen LogP contribution in [0.5, 0.6) is 0 Å². The van der Waals surface area contributed by atoms with Gasteiger partial charge in [0.2, 0.25) is 0 Å². The highest BCUT2D eigenvalue weighted by atomic mass is 16.5. The molecule has 0 saturated carbocycles. The minimum Gasteiger partial charge on any atom is -0.461 e. The molecule has 0 bridgehead atoms. The Hall–Kier alpha value is -1.05. The van der Waals surface area contributed by atoms with Gasteiger partial charge in [-0.05, 0) is 55.9 Å². The van der Waals surface area contributed by atoms with E-state index in [2.05, 4.69) is 52.8 Å². The molecule has 0 N–H and O–H groups in total. The van der Waals surface area contributed by atoms with E-state index in [1.165, 1.54) is 5.57 Å². The molecule has 2 aliphatic rings. The normalized spacial score (nSPS) is 34.1. The lowest BCUT2D eigenvalue weighted by Gasteiger charge is -2.45. The molecule has 2 rings (SSSR count). The van der Waals surface area contributed by atoms with Gasteiger partial charge in [0, 0.05) is 5.92 Å². The van der Waals surface area contributed by atoms with Crippen molar-refractivity contribution >= 4 is 5.97 Å². The Labute approximate surface area is 142 Å². The first-order valence-corrected chi connectivity index (χ1v) is 9.28. The van der Waals surface area contributed by atoms with Crippen LogP contribution in [0.2, 0.25) is 0 Å². The largest absolute Gasteiger partial charge is 0.461 e. The van der Waals surface area contributed by atoms with Crippen LogP contribution in [0.1, 0.15) is 61.3 Å². The minimum absolute atomic E-state index is 0.0168. The summed E-state index contributed by atoms with van der Waals surface area (Å²) in [5.74, 6) is 2.44. The first-order chi connectivity index (χ1) is 10.7. The number of fused-ring (bicyclic) bond motifs is 1. The molecule has 0 radical (unpaired) electrons. The van der Waals surface area contributed by atoms with Crippen LogP contribution in [0.25, 0.3) is 0 Å². The average molecular weight is 319 g/mol. The van der Waals surface area contributed by atoms with E-state index in [1.54, 1.807) is 0 Å². The first-order valence-electron chi connectivity index (χ1n) is 9.28. The summed E-state index contributed by atoms with van der Waals surface area (Å²) in [4.78, 5) is 12.6. The molecule has 0 fully saturated rings. The monoisotopic (exact) mass is 318 g/mol. The summed E-state index contributed by atoms with van der Waals surface area (Å²) in [6.07, 6.45) is 8.77. The maximum Gasteiger partial charge on any atom is 0.311 e. The summed E-state index contributed by atoms with van der Waals surface area (Å²) in [7, 11) is 0. The van der Waals surface area contributed by atoms with E-state index < -0.39 is 5.41 Å². The molecule has 2 nitrogen and oxygen atoms in total. The fourth-order valence-electron chi connectivity index (χ4n) is 4.17. The molecular weight excluding hydrogens is 284 g/mol. The summed E-state index contributed by atoms with van der Waals surface area (Å²) in [5.41, 5.74) is 0.987. The van der Waals surface area contributed by atoms with E-state index in [1.807, 2.05) is 13.8 Å². The maximum absolute atomic E-state index is 12.6. The number of esters is 1. The third-order valence-corrected chi connectivity index (χ3v) is 5.95. The third kappa shape index (κ3) is 3.72. The van der Waals surface area contributed by atoms with Gasteiger partial charge < -0.3 is 4.74 Å². The second kappa shape index (κ2) is 6.83. The van der Waals surface area contributed by atoms with Crippen LogP contribution < -0.4 is 0 Å². The van der Waals surface area contributed by atoms with E-state index in [9.17, 15) is 4.79 Å². The van der Waals surface area contributed by atoms with E-state index >= 15 is 0 Å². The molecule has 0 spiro atoms. The highest BCUT2D eigenvalue weighted by Gasteiger charge is 2.43. The Bertz CT molecular complexity index is 498. The van der Waals surface area contributed by atoms with Crippen LogP contribution in [0.15, 0.2) is 23.8 Å². The molecule has 0 aliphatic heterocycles. The Morgan fingerprint density at radius 2 is 2.00 bits per heavy atom. The van der Waals surface area contributed by atoms with Crippen LogP contribution in [0.3, 0.4) is 0 Å². The Morgan fingerprint density at radius 3 is 2.57 bits per heavy atom. The topological polar surface area (TPSA) is 26.3 Å². The lowest BCUT2D eigenvalue weighted by Crippen LogP contribution is -2.44. The molecule has 0 aromatic carbocycles. The van der Waals surface area contributed by atoms with Crippen molar-refractivity contribution in [1.82, 2.24) is 0 Å². The van der Waals surface area contributed by atoms with Crippen LogP contribution in [0, 0.1) is 35.0 Å².